The first-order chi connectivity index (χ1) is 8.67. The lowest BCUT2D eigenvalue weighted by atomic mass is 10.2. The minimum atomic E-state index is -0.960. The molecule has 0 fully saturated rings. The Morgan fingerprint density at radius 3 is 2.83 bits per heavy atom. The average Bonchev–Trinajstić information content (AvgIpc) is 2.37. The van der Waals surface area contributed by atoms with Crippen molar-refractivity contribution in [1.82, 2.24) is 4.98 Å². The Labute approximate surface area is 107 Å². The van der Waals surface area contributed by atoms with Gasteiger partial charge in [0.1, 0.15) is 5.82 Å². The molecule has 96 valence electrons. The van der Waals surface area contributed by atoms with Gasteiger partial charge in [0.05, 0.1) is 0 Å². The number of carboxylic acids is 1. The summed E-state index contributed by atoms with van der Waals surface area (Å²) >= 11 is 0. The number of aromatic nitrogens is 1. The van der Waals surface area contributed by atoms with Crippen LogP contribution in [0.25, 0.3) is 6.08 Å². The molecule has 0 bridgehead atoms. The van der Waals surface area contributed by atoms with Gasteiger partial charge in [0, 0.05) is 25.4 Å². The van der Waals surface area contributed by atoms with E-state index in [2.05, 4.69) is 23.4 Å². The second-order valence-electron chi connectivity index (χ2n) is 3.86. The van der Waals surface area contributed by atoms with Gasteiger partial charge in [0.25, 0.3) is 0 Å². The first-order valence-corrected chi connectivity index (χ1v) is 5.90. The summed E-state index contributed by atoms with van der Waals surface area (Å²) in [7, 11) is 0. The Morgan fingerprint density at radius 1 is 1.56 bits per heavy atom. The normalized spacial score (nSPS) is 10.5. The zero-order chi connectivity index (χ0) is 13.4. The summed E-state index contributed by atoms with van der Waals surface area (Å²) in [4.78, 5) is 16.8. The highest BCUT2D eigenvalue weighted by Gasteiger charge is 2.04. The van der Waals surface area contributed by atoms with Crippen LogP contribution in [0.1, 0.15) is 18.9 Å². The fourth-order valence-corrected chi connectivity index (χ4v) is 1.58. The van der Waals surface area contributed by atoms with Gasteiger partial charge in [-0.2, -0.15) is 0 Å². The van der Waals surface area contributed by atoms with E-state index >= 15 is 0 Å². The number of aliphatic carboxylic acids is 1. The number of pyridine rings is 1. The van der Waals surface area contributed by atoms with Gasteiger partial charge in [0.15, 0.2) is 0 Å². The molecule has 0 saturated heterocycles. The summed E-state index contributed by atoms with van der Waals surface area (Å²) < 4.78 is 0. The van der Waals surface area contributed by atoms with E-state index in [1.54, 1.807) is 6.20 Å². The van der Waals surface area contributed by atoms with Crippen LogP contribution in [0.15, 0.2) is 37.1 Å². The lowest BCUT2D eigenvalue weighted by Crippen LogP contribution is -2.24. The maximum absolute atomic E-state index is 10.4. The van der Waals surface area contributed by atoms with Crippen LogP contribution < -0.4 is 4.90 Å². The number of anilines is 1. The van der Waals surface area contributed by atoms with Crippen molar-refractivity contribution < 1.29 is 9.90 Å². The highest BCUT2D eigenvalue weighted by molar-refractivity contribution is 5.85. The van der Waals surface area contributed by atoms with Crippen LogP contribution in [-0.4, -0.2) is 29.1 Å². The molecule has 1 heterocycles. The standard InChI is InChI=1S/C14H18N2O2/c1-3-9-16(10-4-2)13-7-5-12(11-15-13)6-8-14(17)18/h3,5-8,11H,1,4,9-10H2,2H3,(H,17,18)/b8-6+. The number of carbonyl (C=O) groups is 1. The summed E-state index contributed by atoms with van der Waals surface area (Å²) in [5.74, 6) is -0.0810. The number of hydrogen-bond donors (Lipinski definition) is 1. The third-order valence-electron chi connectivity index (χ3n) is 2.36. The Bertz CT molecular complexity index is 424. The van der Waals surface area contributed by atoms with E-state index in [4.69, 9.17) is 5.11 Å². The van der Waals surface area contributed by atoms with Gasteiger partial charge in [-0.3, -0.25) is 0 Å². The molecule has 18 heavy (non-hydrogen) atoms. The molecule has 4 heteroatoms. The molecule has 0 atom stereocenters. The zero-order valence-corrected chi connectivity index (χ0v) is 10.5. The molecule has 0 radical (unpaired) electrons. The Balaban J connectivity index is 2.79. The van der Waals surface area contributed by atoms with Gasteiger partial charge >= 0.3 is 5.97 Å². The molecular weight excluding hydrogens is 228 g/mol. The highest BCUT2D eigenvalue weighted by Crippen LogP contribution is 2.12. The lowest BCUT2D eigenvalue weighted by Gasteiger charge is -2.21. The number of nitrogens with zero attached hydrogens (tertiary/aromatic N) is 2. The highest BCUT2D eigenvalue weighted by atomic mass is 16.4. The van der Waals surface area contributed by atoms with Crippen molar-refractivity contribution in [2.45, 2.75) is 13.3 Å². The van der Waals surface area contributed by atoms with Gasteiger partial charge in [-0.25, -0.2) is 9.78 Å². The van der Waals surface area contributed by atoms with Crippen LogP contribution in [0.2, 0.25) is 0 Å². The van der Waals surface area contributed by atoms with E-state index in [-0.39, 0.29) is 0 Å². The van der Waals surface area contributed by atoms with Gasteiger partial charge < -0.3 is 10.0 Å². The van der Waals surface area contributed by atoms with Gasteiger partial charge in [0.2, 0.25) is 0 Å². The largest absolute Gasteiger partial charge is 0.478 e. The molecule has 0 unspecified atom stereocenters. The monoisotopic (exact) mass is 246 g/mol. The van der Waals surface area contributed by atoms with Crippen molar-refractivity contribution >= 4 is 17.9 Å². The minimum absolute atomic E-state index is 0.755. The predicted molar refractivity (Wildman–Crippen MR) is 73.6 cm³/mol. The summed E-state index contributed by atoms with van der Waals surface area (Å²) in [5, 5.41) is 8.53. The van der Waals surface area contributed by atoms with Gasteiger partial charge in [-0.05, 0) is 30.2 Å². The molecule has 0 amide bonds. The van der Waals surface area contributed by atoms with Crippen LogP contribution >= 0.6 is 0 Å². The van der Waals surface area contributed by atoms with Crippen LogP contribution in [0.5, 0.6) is 0 Å². The molecule has 1 aromatic heterocycles. The van der Waals surface area contributed by atoms with Crippen molar-refractivity contribution in [3.63, 3.8) is 0 Å². The van der Waals surface area contributed by atoms with E-state index in [0.29, 0.717) is 0 Å². The topological polar surface area (TPSA) is 53.4 Å². The molecule has 1 rings (SSSR count). The molecule has 0 aromatic carbocycles. The second kappa shape index (κ2) is 7.27. The van der Waals surface area contributed by atoms with E-state index in [1.807, 2.05) is 18.2 Å². The number of rotatable bonds is 7. The average molecular weight is 246 g/mol. The Hall–Kier alpha value is -2.10. The lowest BCUT2D eigenvalue weighted by molar-refractivity contribution is -0.131. The Morgan fingerprint density at radius 2 is 2.33 bits per heavy atom. The minimum Gasteiger partial charge on any atom is -0.478 e. The van der Waals surface area contributed by atoms with Crippen molar-refractivity contribution in [2.75, 3.05) is 18.0 Å². The zero-order valence-electron chi connectivity index (χ0n) is 10.5. The summed E-state index contributed by atoms with van der Waals surface area (Å²) in [6.45, 7) is 7.52. The maximum Gasteiger partial charge on any atom is 0.328 e. The maximum atomic E-state index is 10.4. The third kappa shape index (κ3) is 4.41. The summed E-state index contributed by atoms with van der Waals surface area (Å²) in [6, 6.07) is 3.74. The van der Waals surface area contributed by atoms with Crippen molar-refractivity contribution in [3.8, 4) is 0 Å². The van der Waals surface area contributed by atoms with E-state index in [0.717, 1.165) is 37.0 Å². The summed E-state index contributed by atoms with van der Waals surface area (Å²) in [5.41, 5.74) is 0.774. The molecular formula is C14H18N2O2. The smallest absolute Gasteiger partial charge is 0.328 e. The second-order valence-corrected chi connectivity index (χ2v) is 3.86. The van der Waals surface area contributed by atoms with E-state index in [1.165, 1.54) is 6.08 Å². The van der Waals surface area contributed by atoms with Crippen LogP contribution in [-0.2, 0) is 4.79 Å². The molecule has 0 saturated carbocycles. The van der Waals surface area contributed by atoms with Crippen molar-refractivity contribution in [2.24, 2.45) is 0 Å². The molecule has 0 aliphatic rings. The van der Waals surface area contributed by atoms with Crippen molar-refractivity contribution in [1.29, 1.82) is 0 Å². The van der Waals surface area contributed by atoms with E-state index < -0.39 is 5.97 Å². The number of carboxylic acid groups (broad SMARTS) is 1. The van der Waals surface area contributed by atoms with Crippen LogP contribution in [0.4, 0.5) is 5.82 Å². The quantitative estimate of drug-likeness (QED) is 0.593. The molecule has 1 aromatic rings. The predicted octanol–water partition coefficient (Wildman–Crippen LogP) is 2.58. The fraction of sp³-hybridized carbons (Fsp3) is 0.286. The molecule has 0 aliphatic carbocycles. The van der Waals surface area contributed by atoms with Gasteiger partial charge in [-0.1, -0.05) is 13.0 Å². The molecule has 0 spiro atoms. The molecule has 4 nitrogen and oxygen atoms in total. The number of hydrogen-bond acceptors (Lipinski definition) is 3. The van der Waals surface area contributed by atoms with Crippen LogP contribution in [0.3, 0.4) is 0 Å². The molecule has 0 aliphatic heterocycles. The third-order valence-corrected chi connectivity index (χ3v) is 2.36. The van der Waals surface area contributed by atoms with Gasteiger partial charge in [-0.15, -0.1) is 6.58 Å². The fourth-order valence-electron chi connectivity index (χ4n) is 1.58. The van der Waals surface area contributed by atoms with E-state index in [9.17, 15) is 4.79 Å². The first-order valence-electron chi connectivity index (χ1n) is 5.90. The summed E-state index contributed by atoms with van der Waals surface area (Å²) in [6.07, 6.45) is 7.17. The SMILES string of the molecule is C=CCN(CCC)c1ccc(/C=C/C(=O)O)cn1. The first kappa shape index (κ1) is 14.0. The van der Waals surface area contributed by atoms with Crippen molar-refractivity contribution in [3.05, 3.63) is 42.6 Å². The Kier molecular flexibility index (Phi) is 5.64. The van der Waals surface area contributed by atoms with Crippen LogP contribution in [0, 0.1) is 0 Å². The molecule has 1 N–H and O–H groups in total.